The van der Waals surface area contributed by atoms with Crippen molar-refractivity contribution < 1.29 is 14.3 Å². The van der Waals surface area contributed by atoms with Gasteiger partial charge >= 0.3 is 5.97 Å². The second-order valence-electron chi connectivity index (χ2n) is 6.76. The van der Waals surface area contributed by atoms with E-state index in [-0.39, 0.29) is 28.4 Å². The fraction of sp³-hybridized carbons (Fsp3) is 0.136. The van der Waals surface area contributed by atoms with Gasteiger partial charge in [0.05, 0.1) is 16.1 Å². The number of benzene rings is 2. The number of esters is 1. The largest absolute Gasteiger partial charge is 0.493 e. The van der Waals surface area contributed by atoms with Crippen molar-refractivity contribution in [2.45, 2.75) is 13.3 Å². The highest BCUT2D eigenvalue weighted by molar-refractivity contribution is 9.10. The van der Waals surface area contributed by atoms with Gasteiger partial charge in [0.1, 0.15) is 5.69 Å². The highest BCUT2D eigenvalue weighted by atomic mass is 79.9. The molecule has 162 valence electrons. The summed E-state index contributed by atoms with van der Waals surface area (Å²) in [5.74, 6) is 0.0840. The molecule has 32 heavy (non-hydrogen) atoms. The fourth-order valence-corrected chi connectivity index (χ4v) is 4.50. The van der Waals surface area contributed by atoms with Gasteiger partial charge in [-0.3, -0.25) is 14.4 Å². The van der Waals surface area contributed by atoms with Gasteiger partial charge in [0.15, 0.2) is 11.5 Å². The number of fused-ring (bicyclic) bond motifs is 1. The number of hydrogen-bond donors (Lipinski definition) is 0. The molecule has 0 N–H and O–H groups in total. The third-order valence-corrected chi connectivity index (χ3v) is 6.01. The Kier molecular flexibility index (Phi) is 6.15. The lowest BCUT2D eigenvalue weighted by Crippen LogP contribution is -2.28. The van der Waals surface area contributed by atoms with E-state index in [0.717, 1.165) is 21.4 Å². The fourth-order valence-electron chi connectivity index (χ4n) is 3.06. The monoisotopic (exact) mass is 513 g/mol. The lowest BCUT2D eigenvalue weighted by molar-refractivity contribution is -0.132. The number of ether oxygens (including phenoxy) is 2. The van der Waals surface area contributed by atoms with Crippen LogP contribution in [-0.2, 0) is 11.2 Å². The summed E-state index contributed by atoms with van der Waals surface area (Å²) in [6.07, 6.45) is 1.92. The van der Waals surface area contributed by atoms with Crippen LogP contribution in [-0.4, -0.2) is 27.7 Å². The second kappa shape index (κ2) is 9.01. The van der Waals surface area contributed by atoms with Crippen molar-refractivity contribution in [2.24, 2.45) is 0 Å². The molecule has 0 radical (unpaired) electrons. The number of rotatable bonds is 5. The molecule has 10 heteroatoms. The van der Waals surface area contributed by atoms with Gasteiger partial charge < -0.3 is 9.47 Å². The Morgan fingerprint density at radius 1 is 1.22 bits per heavy atom. The first-order valence-corrected chi connectivity index (χ1v) is 11.0. The van der Waals surface area contributed by atoms with E-state index in [1.54, 1.807) is 18.2 Å². The second-order valence-corrected chi connectivity index (χ2v) is 8.63. The minimum absolute atomic E-state index is 0.199. The van der Waals surface area contributed by atoms with Gasteiger partial charge in [0.2, 0.25) is 4.96 Å². The van der Waals surface area contributed by atoms with Crippen LogP contribution in [0.5, 0.6) is 11.5 Å². The van der Waals surface area contributed by atoms with Gasteiger partial charge in [0, 0.05) is 13.3 Å². The van der Waals surface area contributed by atoms with Crippen molar-refractivity contribution in [1.29, 1.82) is 0 Å². The van der Waals surface area contributed by atoms with E-state index >= 15 is 0 Å². The maximum Gasteiger partial charge on any atom is 0.308 e. The number of hydrogen-bond acceptors (Lipinski definition) is 8. The normalized spacial score (nSPS) is 11.7. The van der Waals surface area contributed by atoms with E-state index in [0.29, 0.717) is 20.3 Å². The number of carbonyl (C=O) groups excluding carboxylic acids is 1. The quantitative estimate of drug-likeness (QED) is 0.298. The van der Waals surface area contributed by atoms with E-state index < -0.39 is 11.5 Å². The molecule has 0 saturated carbocycles. The maximum absolute atomic E-state index is 12.9. The molecule has 0 aliphatic carbocycles. The van der Waals surface area contributed by atoms with E-state index in [1.807, 2.05) is 30.3 Å². The summed E-state index contributed by atoms with van der Waals surface area (Å²) in [6.45, 7) is 1.29. The number of carbonyl (C=O) groups is 1. The van der Waals surface area contributed by atoms with Crippen molar-refractivity contribution in [3.05, 3.63) is 89.0 Å². The summed E-state index contributed by atoms with van der Waals surface area (Å²) in [5, 5.41) is 4.26. The first-order chi connectivity index (χ1) is 15.4. The molecular weight excluding hydrogens is 498 g/mol. The van der Waals surface area contributed by atoms with Crippen LogP contribution >= 0.6 is 27.3 Å². The minimum Gasteiger partial charge on any atom is -0.493 e. The molecule has 0 aliphatic heterocycles. The molecule has 4 aromatic rings. The summed E-state index contributed by atoms with van der Waals surface area (Å²) in [6, 6.07) is 12.7. The molecule has 0 saturated heterocycles. The van der Waals surface area contributed by atoms with Crippen LogP contribution in [0.4, 0.5) is 0 Å². The van der Waals surface area contributed by atoms with Gasteiger partial charge in [-0.2, -0.15) is 14.6 Å². The predicted molar refractivity (Wildman–Crippen MR) is 123 cm³/mol. The standard InChI is InChI=1S/C22H16BrN3O5S/c1-12(27)31-19-15(23)8-14(10-17(19)30-2)11-18-21(29)26-22(32-18)24-20(28)16(25-26)9-13-6-4-3-5-7-13/h3-8,10-11H,9H2,1-2H3/b18-11-. The van der Waals surface area contributed by atoms with Crippen LogP contribution in [0.2, 0.25) is 0 Å². The number of methoxy groups -OCH3 is 1. The molecule has 0 bridgehead atoms. The molecule has 0 aliphatic rings. The summed E-state index contributed by atoms with van der Waals surface area (Å²) in [4.78, 5) is 40.9. The number of aromatic nitrogens is 3. The van der Waals surface area contributed by atoms with Crippen LogP contribution in [0.1, 0.15) is 23.7 Å². The van der Waals surface area contributed by atoms with Crippen LogP contribution < -0.4 is 25.1 Å². The van der Waals surface area contributed by atoms with Crippen molar-refractivity contribution in [3.8, 4) is 11.5 Å². The molecule has 2 aromatic carbocycles. The van der Waals surface area contributed by atoms with Gasteiger partial charge in [-0.1, -0.05) is 41.7 Å². The number of nitrogens with zero attached hydrogens (tertiary/aromatic N) is 3. The smallest absolute Gasteiger partial charge is 0.308 e. The molecule has 2 aromatic heterocycles. The predicted octanol–water partition coefficient (Wildman–Crippen LogP) is 2.35. The number of thiazole rings is 1. The lowest BCUT2D eigenvalue weighted by atomic mass is 10.1. The van der Waals surface area contributed by atoms with E-state index in [1.165, 1.54) is 14.0 Å². The highest BCUT2D eigenvalue weighted by Gasteiger charge is 2.15. The van der Waals surface area contributed by atoms with Gasteiger partial charge in [-0.15, -0.1) is 0 Å². The Balaban J connectivity index is 1.79. The van der Waals surface area contributed by atoms with E-state index in [9.17, 15) is 14.4 Å². The average molecular weight is 514 g/mol. The molecule has 4 rings (SSSR count). The molecule has 0 unspecified atom stereocenters. The third-order valence-electron chi connectivity index (χ3n) is 4.46. The molecule has 0 amide bonds. The molecular formula is C22H16BrN3O5S. The maximum atomic E-state index is 12.9. The number of halogens is 1. The molecule has 0 spiro atoms. The molecule has 0 fully saturated rings. The summed E-state index contributed by atoms with van der Waals surface area (Å²) in [5.41, 5.74) is 0.881. The Hall–Kier alpha value is -3.37. The molecule has 2 heterocycles. The van der Waals surface area contributed by atoms with Crippen molar-refractivity contribution in [2.75, 3.05) is 7.11 Å². The van der Waals surface area contributed by atoms with Crippen molar-refractivity contribution in [1.82, 2.24) is 14.6 Å². The summed E-state index contributed by atoms with van der Waals surface area (Å²) in [7, 11) is 1.45. The van der Waals surface area contributed by atoms with Crippen molar-refractivity contribution >= 4 is 44.3 Å². The Morgan fingerprint density at radius 3 is 2.66 bits per heavy atom. The van der Waals surface area contributed by atoms with Crippen LogP contribution in [0.15, 0.2) is 56.5 Å². The molecule has 0 atom stereocenters. The average Bonchev–Trinajstić information content (AvgIpc) is 3.05. The topological polar surface area (TPSA) is 99.9 Å². The molecule has 8 nitrogen and oxygen atoms in total. The third kappa shape index (κ3) is 4.46. The first kappa shape index (κ1) is 21.8. The zero-order valence-electron chi connectivity index (χ0n) is 17.0. The van der Waals surface area contributed by atoms with Gasteiger partial charge in [-0.25, -0.2) is 0 Å². The van der Waals surface area contributed by atoms with Crippen LogP contribution in [0.25, 0.3) is 11.0 Å². The Morgan fingerprint density at radius 2 is 1.97 bits per heavy atom. The van der Waals surface area contributed by atoms with E-state index in [2.05, 4.69) is 26.0 Å². The summed E-state index contributed by atoms with van der Waals surface area (Å²) >= 11 is 4.42. The lowest BCUT2D eigenvalue weighted by Gasteiger charge is -2.10. The summed E-state index contributed by atoms with van der Waals surface area (Å²) < 4.78 is 12.5. The zero-order chi connectivity index (χ0) is 22.8. The minimum atomic E-state index is -0.486. The first-order valence-electron chi connectivity index (χ1n) is 9.40. The zero-order valence-corrected chi connectivity index (χ0v) is 19.4. The van der Waals surface area contributed by atoms with Crippen LogP contribution in [0, 0.1) is 0 Å². The SMILES string of the molecule is COc1cc(/C=c2\sc3nc(=O)c(Cc4ccccc4)nn3c2=O)cc(Br)c1OC(C)=O. The van der Waals surface area contributed by atoms with Crippen LogP contribution in [0.3, 0.4) is 0 Å². The Bertz CT molecular complexity index is 1500. The Labute approximate surface area is 193 Å². The van der Waals surface area contributed by atoms with E-state index in [4.69, 9.17) is 9.47 Å². The van der Waals surface area contributed by atoms with Gasteiger partial charge in [0.25, 0.3) is 11.1 Å². The highest BCUT2D eigenvalue weighted by Crippen LogP contribution is 2.37. The van der Waals surface area contributed by atoms with Gasteiger partial charge in [-0.05, 0) is 45.3 Å². The van der Waals surface area contributed by atoms with Crippen molar-refractivity contribution in [3.63, 3.8) is 0 Å².